The number of nitrogens with two attached hydrogens (primary N) is 1. The topological polar surface area (TPSA) is 26.0 Å². The predicted molar refractivity (Wildman–Crippen MR) is 70.9 cm³/mol. The van der Waals surface area contributed by atoms with Gasteiger partial charge in [0.15, 0.2) is 0 Å². The summed E-state index contributed by atoms with van der Waals surface area (Å²) in [6.45, 7) is 0. The van der Waals surface area contributed by atoms with E-state index in [0.29, 0.717) is 0 Å². The standard InChI is InChI=1S/C14H10ClN/c15-14-7-9-5-6-10(16)8-13(9)11-3-1-2-4-12(11)14/h1-8H,16H2. The molecule has 3 aromatic carbocycles. The van der Waals surface area contributed by atoms with E-state index in [4.69, 9.17) is 17.3 Å². The summed E-state index contributed by atoms with van der Waals surface area (Å²) in [5.41, 5.74) is 6.60. The lowest BCUT2D eigenvalue weighted by molar-refractivity contribution is 1.74. The molecular formula is C14H10ClN. The number of anilines is 1. The molecule has 0 saturated carbocycles. The van der Waals surface area contributed by atoms with Crippen molar-refractivity contribution in [1.82, 2.24) is 0 Å². The van der Waals surface area contributed by atoms with E-state index in [9.17, 15) is 0 Å². The molecule has 0 aromatic heterocycles. The van der Waals surface area contributed by atoms with Crippen molar-refractivity contribution in [3.8, 4) is 0 Å². The molecule has 0 unspecified atom stereocenters. The minimum atomic E-state index is 0.778. The maximum Gasteiger partial charge on any atom is 0.0490 e. The van der Waals surface area contributed by atoms with Crippen LogP contribution in [0.25, 0.3) is 21.5 Å². The molecule has 0 atom stereocenters. The van der Waals surface area contributed by atoms with Gasteiger partial charge in [0.1, 0.15) is 0 Å². The predicted octanol–water partition coefficient (Wildman–Crippen LogP) is 4.23. The van der Waals surface area contributed by atoms with Crippen LogP contribution in [0.5, 0.6) is 0 Å². The lowest BCUT2D eigenvalue weighted by atomic mass is 10.0. The summed E-state index contributed by atoms with van der Waals surface area (Å²) in [7, 11) is 0. The van der Waals surface area contributed by atoms with Gasteiger partial charge < -0.3 is 5.73 Å². The number of fused-ring (bicyclic) bond motifs is 3. The summed E-state index contributed by atoms with van der Waals surface area (Å²) in [4.78, 5) is 0. The summed E-state index contributed by atoms with van der Waals surface area (Å²) in [6.07, 6.45) is 0. The van der Waals surface area contributed by atoms with Gasteiger partial charge in [-0.3, -0.25) is 0 Å². The van der Waals surface area contributed by atoms with Crippen molar-refractivity contribution in [2.75, 3.05) is 5.73 Å². The highest BCUT2D eigenvalue weighted by molar-refractivity contribution is 6.37. The Bertz CT molecular complexity index is 689. The van der Waals surface area contributed by atoms with Gasteiger partial charge in [0.05, 0.1) is 0 Å². The molecule has 0 saturated heterocycles. The molecule has 0 fully saturated rings. The molecular weight excluding hydrogens is 218 g/mol. The van der Waals surface area contributed by atoms with Crippen LogP contribution in [0.2, 0.25) is 5.02 Å². The van der Waals surface area contributed by atoms with E-state index in [1.54, 1.807) is 0 Å². The Balaban J connectivity index is 2.61. The van der Waals surface area contributed by atoms with Crippen LogP contribution in [-0.4, -0.2) is 0 Å². The monoisotopic (exact) mass is 227 g/mol. The molecule has 2 N–H and O–H groups in total. The maximum atomic E-state index is 6.24. The van der Waals surface area contributed by atoms with Crippen LogP contribution in [0.3, 0.4) is 0 Å². The van der Waals surface area contributed by atoms with Gasteiger partial charge in [0.25, 0.3) is 0 Å². The van der Waals surface area contributed by atoms with Crippen LogP contribution in [0.4, 0.5) is 5.69 Å². The number of benzene rings is 3. The van der Waals surface area contributed by atoms with Crippen LogP contribution in [0.15, 0.2) is 48.5 Å². The van der Waals surface area contributed by atoms with Crippen molar-refractivity contribution in [2.45, 2.75) is 0 Å². The first-order valence-corrected chi connectivity index (χ1v) is 5.50. The fourth-order valence-electron chi connectivity index (χ4n) is 2.07. The minimum absolute atomic E-state index is 0.778. The summed E-state index contributed by atoms with van der Waals surface area (Å²) in [5, 5.41) is 5.28. The third-order valence-corrected chi connectivity index (χ3v) is 3.15. The number of hydrogen-bond acceptors (Lipinski definition) is 1. The average Bonchev–Trinajstić information content (AvgIpc) is 2.31. The summed E-state index contributed by atoms with van der Waals surface area (Å²) >= 11 is 6.24. The molecule has 3 rings (SSSR count). The fraction of sp³-hybridized carbons (Fsp3) is 0. The van der Waals surface area contributed by atoms with Gasteiger partial charge in [-0.25, -0.2) is 0 Å². The largest absolute Gasteiger partial charge is 0.399 e. The van der Waals surface area contributed by atoms with E-state index >= 15 is 0 Å². The zero-order valence-corrected chi connectivity index (χ0v) is 9.33. The highest BCUT2D eigenvalue weighted by Crippen LogP contribution is 2.32. The van der Waals surface area contributed by atoms with Gasteiger partial charge in [0, 0.05) is 16.1 Å². The molecule has 3 aromatic rings. The molecule has 78 valence electrons. The maximum absolute atomic E-state index is 6.24. The molecule has 0 aliphatic carbocycles. The number of rotatable bonds is 0. The molecule has 0 spiro atoms. The zero-order valence-electron chi connectivity index (χ0n) is 8.57. The van der Waals surface area contributed by atoms with Crippen molar-refractivity contribution in [3.63, 3.8) is 0 Å². The number of nitrogen functional groups attached to an aromatic ring is 1. The quantitative estimate of drug-likeness (QED) is 0.451. The van der Waals surface area contributed by atoms with Gasteiger partial charge in [0.2, 0.25) is 0 Å². The van der Waals surface area contributed by atoms with Crippen molar-refractivity contribution >= 4 is 38.8 Å². The SMILES string of the molecule is Nc1ccc2cc(Cl)c3ccccc3c2c1. The first-order chi connectivity index (χ1) is 7.75. The van der Waals surface area contributed by atoms with Gasteiger partial charge in [-0.2, -0.15) is 0 Å². The third kappa shape index (κ3) is 1.33. The van der Waals surface area contributed by atoms with Crippen molar-refractivity contribution in [3.05, 3.63) is 53.6 Å². The molecule has 1 nitrogen and oxygen atoms in total. The first kappa shape index (κ1) is 9.49. The van der Waals surface area contributed by atoms with Crippen LogP contribution in [0, 0.1) is 0 Å². The Morgan fingerprint density at radius 2 is 1.56 bits per heavy atom. The Kier molecular flexibility index (Phi) is 2.01. The minimum Gasteiger partial charge on any atom is -0.399 e. The Morgan fingerprint density at radius 1 is 0.812 bits per heavy atom. The molecule has 16 heavy (non-hydrogen) atoms. The average molecular weight is 228 g/mol. The molecule has 0 bridgehead atoms. The smallest absolute Gasteiger partial charge is 0.0490 e. The third-order valence-electron chi connectivity index (χ3n) is 2.83. The molecule has 0 heterocycles. The second-order valence-corrected chi connectivity index (χ2v) is 4.29. The second kappa shape index (κ2) is 3.39. The van der Waals surface area contributed by atoms with Crippen LogP contribution in [0.1, 0.15) is 0 Å². The van der Waals surface area contributed by atoms with E-state index in [1.165, 1.54) is 0 Å². The second-order valence-electron chi connectivity index (χ2n) is 3.88. The van der Waals surface area contributed by atoms with Crippen molar-refractivity contribution < 1.29 is 0 Å². The molecule has 0 aliphatic rings. The Morgan fingerprint density at radius 3 is 2.38 bits per heavy atom. The number of halogens is 1. The molecule has 2 heteroatoms. The Labute approximate surface area is 98.4 Å². The lowest BCUT2D eigenvalue weighted by Gasteiger charge is -2.06. The number of hydrogen-bond donors (Lipinski definition) is 1. The molecule has 0 aliphatic heterocycles. The molecule has 0 radical (unpaired) electrons. The van der Waals surface area contributed by atoms with Crippen LogP contribution in [-0.2, 0) is 0 Å². The van der Waals surface area contributed by atoms with Crippen LogP contribution >= 0.6 is 11.6 Å². The normalized spacial score (nSPS) is 11.1. The van der Waals surface area contributed by atoms with Gasteiger partial charge in [-0.05, 0) is 34.4 Å². The van der Waals surface area contributed by atoms with E-state index < -0.39 is 0 Å². The summed E-state index contributed by atoms with van der Waals surface area (Å²) in [5.74, 6) is 0. The van der Waals surface area contributed by atoms with E-state index in [-0.39, 0.29) is 0 Å². The summed E-state index contributed by atoms with van der Waals surface area (Å²) in [6, 6.07) is 16.0. The van der Waals surface area contributed by atoms with Gasteiger partial charge in [-0.1, -0.05) is 41.9 Å². The van der Waals surface area contributed by atoms with Crippen LogP contribution < -0.4 is 5.73 Å². The highest BCUT2D eigenvalue weighted by atomic mass is 35.5. The van der Waals surface area contributed by atoms with Crippen molar-refractivity contribution in [1.29, 1.82) is 0 Å². The fourth-order valence-corrected chi connectivity index (χ4v) is 2.36. The van der Waals surface area contributed by atoms with Gasteiger partial charge >= 0.3 is 0 Å². The Hall–Kier alpha value is -1.73. The van der Waals surface area contributed by atoms with E-state index in [2.05, 4.69) is 6.07 Å². The first-order valence-electron chi connectivity index (χ1n) is 5.12. The van der Waals surface area contributed by atoms with Crippen molar-refractivity contribution in [2.24, 2.45) is 0 Å². The van der Waals surface area contributed by atoms with E-state index in [1.807, 2.05) is 42.5 Å². The van der Waals surface area contributed by atoms with E-state index in [0.717, 1.165) is 32.3 Å². The molecule has 0 amide bonds. The zero-order chi connectivity index (χ0) is 11.1. The summed E-state index contributed by atoms with van der Waals surface area (Å²) < 4.78 is 0. The lowest BCUT2D eigenvalue weighted by Crippen LogP contribution is -1.85. The highest BCUT2D eigenvalue weighted by Gasteiger charge is 2.04. The van der Waals surface area contributed by atoms with Gasteiger partial charge in [-0.15, -0.1) is 0 Å².